The quantitative estimate of drug-likeness (QED) is 0.676. The monoisotopic (exact) mass is 164 g/mol. The summed E-state index contributed by atoms with van der Waals surface area (Å²) in [6.07, 6.45) is 2.41. The molecule has 3 N–H and O–H groups in total. The number of H-pyrrole nitrogens is 1. The Balaban J connectivity index is 2.37. The number of nitrogens with one attached hydrogen (secondary N) is 1. The fourth-order valence-corrected chi connectivity index (χ4v) is 1.31. The number of pyridine rings is 1. The van der Waals surface area contributed by atoms with Crippen LogP contribution in [0.4, 0.5) is 0 Å². The number of rotatable bonds is 2. The summed E-state index contributed by atoms with van der Waals surface area (Å²) in [6, 6.07) is 3.80. The Bertz CT molecular complexity index is 339. The molecule has 64 valence electrons. The lowest BCUT2D eigenvalue weighted by Crippen LogP contribution is -2.16. The Morgan fingerprint density at radius 1 is 1.50 bits per heavy atom. The van der Waals surface area contributed by atoms with E-state index in [1.165, 1.54) is 12.8 Å². The maximum atomic E-state index is 11.3. The van der Waals surface area contributed by atoms with Crippen LogP contribution >= 0.6 is 0 Å². The Kier molecular flexibility index (Phi) is 1.73. The van der Waals surface area contributed by atoms with Crippen molar-refractivity contribution >= 4 is 0 Å². The van der Waals surface area contributed by atoms with E-state index in [-0.39, 0.29) is 5.56 Å². The maximum Gasteiger partial charge on any atom is 0.252 e. The van der Waals surface area contributed by atoms with Gasteiger partial charge in [0, 0.05) is 17.8 Å². The minimum absolute atomic E-state index is 0.0260. The van der Waals surface area contributed by atoms with Crippen molar-refractivity contribution in [3.8, 4) is 0 Å². The molecule has 0 aromatic carbocycles. The maximum absolute atomic E-state index is 11.3. The number of aromatic amines is 1. The lowest BCUT2D eigenvalue weighted by molar-refractivity contribution is 0.949. The lowest BCUT2D eigenvalue weighted by Gasteiger charge is -1.99. The fourth-order valence-electron chi connectivity index (χ4n) is 1.31. The van der Waals surface area contributed by atoms with Crippen LogP contribution in [-0.4, -0.2) is 4.98 Å². The zero-order chi connectivity index (χ0) is 8.55. The van der Waals surface area contributed by atoms with Crippen LogP contribution in [0.3, 0.4) is 0 Å². The number of hydrogen-bond donors (Lipinski definition) is 2. The van der Waals surface area contributed by atoms with E-state index in [9.17, 15) is 4.79 Å². The summed E-state index contributed by atoms with van der Waals surface area (Å²) in [4.78, 5) is 14.1. The van der Waals surface area contributed by atoms with E-state index in [0.717, 1.165) is 5.69 Å². The van der Waals surface area contributed by atoms with Crippen molar-refractivity contribution in [3.63, 3.8) is 0 Å². The van der Waals surface area contributed by atoms with Gasteiger partial charge in [-0.2, -0.15) is 0 Å². The van der Waals surface area contributed by atoms with Crippen molar-refractivity contribution in [2.24, 2.45) is 5.73 Å². The number of hydrogen-bond acceptors (Lipinski definition) is 2. The molecule has 12 heavy (non-hydrogen) atoms. The predicted octanol–water partition coefficient (Wildman–Crippen LogP) is 0.711. The van der Waals surface area contributed by atoms with Gasteiger partial charge in [-0.3, -0.25) is 4.79 Å². The van der Waals surface area contributed by atoms with E-state index in [1.807, 2.05) is 12.1 Å². The molecule has 0 atom stereocenters. The first kappa shape index (κ1) is 7.55. The molecule has 2 rings (SSSR count). The highest BCUT2D eigenvalue weighted by Crippen LogP contribution is 2.38. The predicted molar refractivity (Wildman–Crippen MR) is 46.9 cm³/mol. The van der Waals surface area contributed by atoms with Crippen molar-refractivity contribution in [1.29, 1.82) is 0 Å². The molecule has 0 aliphatic heterocycles. The van der Waals surface area contributed by atoms with E-state index in [0.29, 0.717) is 18.0 Å². The summed E-state index contributed by atoms with van der Waals surface area (Å²) in [5.41, 5.74) is 7.08. The Hall–Kier alpha value is -1.09. The SMILES string of the molecule is NCc1ccc(C2CC2)[nH]c1=O. The second kappa shape index (κ2) is 2.75. The van der Waals surface area contributed by atoms with Crippen LogP contribution in [0.25, 0.3) is 0 Å². The molecular weight excluding hydrogens is 152 g/mol. The van der Waals surface area contributed by atoms with Gasteiger partial charge >= 0.3 is 0 Å². The summed E-state index contributed by atoms with van der Waals surface area (Å²) in [5.74, 6) is 0.601. The molecule has 1 heterocycles. The second-order valence-electron chi connectivity index (χ2n) is 3.25. The van der Waals surface area contributed by atoms with E-state index in [2.05, 4.69) is 4.98 Å². The molecule has 0 amide bonds. The van der Waals surface area contributed by atoms with Crippen molar-refractivity contribution < 1.29 is 0 Å². The van der Waals surface area contributed by atoms with Gasteiger partial charge < -0.3 is 10.7 Å². The molecule has 3 heteroatoms. The third-order valence-electron chi connectivity index (χ3n) is 2.25. The Morgan fingerprint density at radius 2 is 2.25 bits per heavy atom. The summed E-state index contributed by atoms with van der Waals surface area (Å²) in [7, 11) is 0. The molecule has 1 fully saturated rings. The van der Waals surface area contributed by atoms with Crippen LogP contribution in [0, 0.1) is 0 Å². The van der Waals surface area contributed by atoms with Gasteiger partial charge in [0.05, 0.1) is 0 Å². The van der Waals surface area contributed by atoms with E-state index in [1.54, 1.807) is 0 Å². The largest absolute Gasteiger partial charge is 0.326 e. The molecule has 1 aliphatic rings. The van der Waals surface area contributed by atoms with E-state index in [4.69, 9.17) is 5.73 Å². The molecule has 1 aromatic heterocycles. The molecule has 0 bridgehead atoms. The normalized spacial score (nSPS) is 16.4. The third kappa shape index (κ3) is 1.28. The molecule has 1 aromatic rings. The summed E-state index contributed by atoms with van der Waals surface area (Å²) in [6.45, 7) is 0.320. The van der Waals surface area contributed by atoms with Crippen LogP contribution in [0.5, 0.6) is 0 Å². The van der Waals surface area contributed by atoms with E-state index < -0.39 is 0 Å². The van der Waals surface area contributed by atoms with Gasteiger partial charge in [-0.05, 0) is 24.8 Å². The fraction of sp³-hybridized carbons (Fsp3) is 0.444. The highest BCUT2D eigenvalue weighted by molar-refractivity contribution is 5.19. The molecule has 0 saturated heterocycles. The second-order valence-corrected chi connectivity index (χ2v) is 3.25. The first-order valence-corrected chi connectivity index (χ1v) is 4.23. The van der Waals surface area contributed by atoms with Crippen molar-refractivity contribution in [3.05, 3.63) is 33.7 Å². The average Bonchev–Trinajstić information content (AvgIpc) is 2.86. The van der Waals surface area contributed by atoms with Crippen LogP contribution in [0.1, 0.15) is 30.0 Å². The van der Waals surface area contributed by atoms with Gasteiger partial charge in [-0.25, -0.2) is 0 Å². The first-order valence-electron chi connectivity index (χ1n) is 4.23. The number of nitrogens with two attached hydrogens (primary N) is 1. The third-order valence-corrected chi connectivity index (χ3v) is 2.25. The van der Waals surface area contributed by atoms with Gasteiger partial charge in [0.25, 0.3) is 5.56 Å². The van der Waals surface area contributed by atoms with E-state index >= 15 is 0 Å². The van der Waals surface area contributed by atoms with Crippen molar-refractivity contribution in [2.75, 3.05) is 0 Å². The zero-order valence-corrected chi connectivity index (χ0v) is 6.84. The zero-order valence-electron chi connectivity index (χ0n) is 6.84. The molecule has 3 nitrogen and oxygen atoms in total. The van der Waals surface area contributed by atoms with Crippen LogP contribution < -0.4 is 11.3 Å². The summed E-state index contributed by atoms with van der Waals surface area (Å²) in [5, 5.41) is 0. The molecular formula is C9H12N2O. The van der Waals surface area contributed by atoms with Gasteiger partial charge in [0.2, 0.25) is 0 Å². The molecule has 1 saturated carbocycles. The van der Waals surface area contributed by atoms with Crippen LogP contribution in [0.15, 0.2) is 16.9 Å². The average molecular weight is 164 g/mol. The first-order chi connectivity index (χ1) is 5.81. The standard InChI is InChI=1S/C9H12N2O/c10-5-7-3-4-8(6-1-2-6)11-9(7)12/h3-4,6H,1-2,5,10H2,(H,11,12). The van der Waals surface area contributed by atoms with Crippen molar-refractivity contribution in [2.45, 2.75) is 25.3 Å². The molecule has 0 unspecified atom stereocenters. The van der Waals surface area contributed by atoms with Gasteiger partial charge in [-0.15, -0.1) is 0 Å². The lowest BCUT2D eigenvalue weighted by atomic mass is 10.2. The highest BCUT2D eigenvalue weighted by Gasteiger charge is 2.24. The summed E-state index contributed by atoms with van der Waals surface area (Å²) >= 11 is 0. The minimum atomic E-state index is -0.0260. The minimum Gasteiger partial charge on any atom is -0.326 e. The Morgan fingerprint density at radius 3 is 2.75 bits per heavy atom. The molecule has 0 spiro atoms. The van der Waals surface area contributed by atoms with Gasteiger partial charge in [-0.1, -0.05) is 6.07 Å². The van der Waals surface area contributed by atoms with Crippen molar-refractivity contribution in [1.82, 2.24) is 4.98 Å². The topological polar surface area (TPSA) is 58.9 Å². The van der Waals surface area contributed by atoms with Gasteiger partial charge in [0.1, 0.15) is 0 Å². The Labute approximate surface area is 70.6 Å². The molecule has 0 radical (unpaired) electrons. The molecule has 1 aliphatic carbocycles. The van der Waals surface area contributed by atoms with Crippen LogP contribution in [0.2, 0.25) is 0 Å². The highest BCUT2D eigenvalue weighted by atomic mass is 16.1. The number of aromatic nitrogens is 1. The summed E-state index contributed by atoms with van der Waals surface area (Å²) < 4.78 is 0. The van der Waals surface area contributed by atoms with Crippen LogP contribution in [-0.2, 0) is 6.54 Å². The smallest absolute Gasteiger partial charge is 0.252 e. The van der Waals surface area contributed by atoms with Gasteiger partial charge in [0.15, 0.2) is 0 Å².